The molecule has 7 nitrogen and oxygen atoms in total. The Labute approximate surface area is 127 Å². The van der Waals surface area contributed by atoms with Crippen LogP contribution in [0.1, 0.15) is 24.9 Å². The molecule has 1 aliphatic heterocycles. The Morgan fingerprint density at radius 3 is 3.05 bits per heavy atom. The van der Waals surface area contributed by atoms with Gasteiger partial charge in [-0.2, -0.15) is 10.1 Å². The molecular formula is C15H16N4O3. The molecule has 2 heterocycles. The summed E-state index contributed by atoms with van der Waals surface area (Å²) >= 11 is 0. The lowest BCUT2D eigenvalue weighted by Crippen LogP contribution is -2.24. The van der Waals surface area contributed by atoms with Crippen molar-refractivity contribution in [1.82, 2.24) is 14.8 Å². The van der Waals surface area contributed by atoms with Crippen molar-refractivity contribution in [1.29, 1.82) is 0 Å². The number of ether oxygens (including phenoxy) is 1. The Kier molecular flexibility index (Phi) is 3.78. The molecule has 1 atom stereocenters. The van der Waals surface area contributed by atoms with Gasteiger partial charge in [-0.3, -0.25) is 0 Å². The summed E-state index contributed by atoms with van der Waals surface area (Å²) in [7, 11) is 0. The van der Waals surface area contributed by atoms with E-state index in [9.17, 15) is 9.90 Å². The van der Waals surface area contributed by atoms with Crippen LogP contribution in [0.2, 0.25) is 0 Å². The summed E-state index contributed by atoms with van der Waals surface area (Å²) in [6.07, 6.45) is 3.90. The summed E-state index contributed by atoms with van der Waals surface area (Å²) in [5.41, 5.74) is 0.929. The number of nitrogens with zero attached hydrogens (tertiary/aromatic N) is 3. The predicted octanol–water partition coefficient (Wildman–Crippen LogP) is 2.05. The van der Waals surface area contributed by atoms with Crippen LogP contribution in [-0.4, -0.2) is 32.4 Å². The van der Waals surface area contributed by atoms with Gasteiger partial charge < -0.3 is 15.2 Å². The first-order chi connectivity index (χ1) is 10.7. The van der Waals surface area contributed by atoms with Gasteiger partial charge in [0, 0.05) is 5.56 Å². The third kappa shape index (κ3) is 2.52. The lowest BCUT2D eigenvalue weighted by Gasteiger charge is -2.24. The van der Waals surface area contributed by atoms with Crippen LogP contribution in [-0.2, 0) is 4.79 Å². The number of fused-ring (bicyclic) bond motifs is 1. The van der Waals surface area contributed by atoms with E-state index in [2.05, 4.69) is 15.4 Å². The molecule has 1 aromatic carbocycles. The van der Waals surface area contributed by atoms with Crippen molar-refractivity contribution in [2.45, 2.75) is 19.4 Å². The minimum absolute atomic E-state index is 0.0794. The summed E-state index contributed by atoms with van der Waals surface area (Å²) in [6, 6.07) is 7.18. The van der Waals surface area contributed by atoms with E-state index in [1.54, 1.807) is 10.8 Å². The first-order valence-electron chi connectivity index (χ1n) is 7.04. The van der Waals surface area contributed by atoms with Gasteiger partial charge in [-0.15, -0.1) is 0 Å². The minimum Gasteiger partial charge on any atom is -0.493 e. The van der Waals surface area contributed by atoms with E-state index in [1.165, 1.54) is 6.33 Å². The average molecular weight is 300 g/mol. The summed E-state index contributed by atoms with van der Waals surface area (Å²) in [4.78, 5) is 15.4. The molecule has 3 rings (SSSR count). The standard InChI is InChI=1S/C15H16N4O3/c1-2-7-22-13-6-4-3-5-10(13)12-8-11(14(20)21)18-15-16-9-17-19(12)15/h3-6,8-9,12H,2,7H2,1H3,(H,20,21)(H,16,17,18). The monoisotopic (exact) mass is 300 g/mol. The Balaban J connectivity index is 2.05. The molecule has 2 N–H and O–H groups in total. The normalized spacial score (nSPS) is 16.4. The van der Waals surface area contributed by atoms with Crippen LogP contribution in [0.15, 0.2) is 42.4 Å². The topological polar surface area (TPSA) is 89.3 Å². The molecule has 2 aromatic rings. The van der Waals surface area contributed by atoms with E-state index >= 15 is 0 Å². The minimum atomic E-state index is -1.04. The summed E-state index contributed by atoms with van der Waals surface area (Å²) in [6.45, 7) is 2.63. The van der Waals surface area contributed by atoms with Crippen LogP contribution in [0.5, 0.6) is 5.75 Å². The van der Waals surface area contributed by atoms with E-state index in [4.69, 9.17) is 4.74 Å². The SMILES string of the molecule is CCCOc1ccccc1C1C=C(C(=O)O)Nc2ncnn21. The molecule has 1 aliphatic rings. The van der Waals surface area contributed by atoms with Gasteiger partial charge in [-0.25, -0.2) is 9.48 Å². The lowest BCUT2D eigenvalue weighted by atomic mass is 10.0. The zero-order chi connectivity index (χ0) is 15.5. The molecule has 114 valence electrons. The van der Waals surface area contributed by atoms with Crippen LogP contribution >= 0.6 is 0 Å². The van der Waals surface area contributed by atoms with Crippen LogP contribution in [0.3, 0.4) is 0 Å². The second kappa shape index (κ2) is 5.88. The van der Waals surface area contributed by atoms with Gasteiger partial charge in [0.05, 0.1) is 6.61 Å². The Morgan fingerprint density at radius 2 is 2.27 bits per heavy atom. The molecule has 1 unspecified atom stereocenters. The van der Waals surface area contributed by atoms with E-state index in [0.717, 1.165) is 17.7 Å². The number of nitrogens with one attached hydrogen (secondary N) is 1. The molecule has 7 heteroatoms. The number of aliphatic carboxylic acids is 1. The van der Waals surface area contributed by atoms with Crippen molar-refractivity contribution in [2.75, 3.05) is 11.9 Å². The summed E-state index contributed by atoms with van der Waals surface area (Å²) in [5, 5.41) is 16.2. The van der Waals surface area contributed by atoms with Crippen molar-refractivity contribution < 1.29 is 14.6 Å². The molecule has 0 bridgehead atoms. The molecule has 22 heavy (non-hydrogen) atoms. The average Bonchev–Trinajstić information content (AvgIpc) is 3.00. The number of benzene rings is 1. The molecule has 0 saturated heterocycles. The third-order valence-corrected chi connectivity index (χ3v) is 3.34. The number of rotatable bonds is 5. The van der Waals surface area contributed by atoms with Crippen LogP contribution in [0, 0.1) is 0 Å². The van der Waals surface area contributed by atoms with Crippen molar-refractivity contribution in [2.24, 2.45) is 0 Å². The fourth-order valence-corrected chi connectivity index (χ4v) is 2.35. The second-order valence-corrected chi connectivity index (χ2v) is 4.87. The number of carbonyl (C=O) groups is 1. The smallest absolute Gasteiger partial charge is 0.352 e. The first kappa shape index (κ1) is 14.1. The highest BCUT2D eigenvalue weighted by molar-refractivity contribution is 5.90. The van der Waals surface area contributed by atoms with Crippen LogP contribution < -0.4 is 10.1 Å². The third-order valence-electron chi connectivity index (χ3n) is 3.34. The quantitative estimate of drug-likeness (QED) is 0.878. The molecule has 1 aromatic heterocycles. The summed E-state index contributed by atoms with van der Waals surface area (Å²) < 4.78 is 7.41. The van der Waals surface area contributed by atoms with Crippen molar-refractivity contribution in [3.8, 4) is 5.75 Å². The van der Waals surface area contributed by atoms with Crippen molar-refractivity contribution >= 4 is 11.9 Å². The highest BCUT2D eigenvalue weighted by Crippen LogP contribution is 2.33. The number of carboxylic acids is 1. The van der Waals surface area contributed by atoms with E-state index in [1.807, 2.05) is 31.2 Å². The van der Waals surface area contributed by atoms with Gasteiger partial charge in [0.1, 0.15) is 23.8 Å². The Bertz CT molecular complexity index is 723. The maximum Gasteiger partial charge on any atom is 0.352 e. The second-order valence-electron chi connectivity index (χ2n) is 4.87. The maximum absolute atomic E-state index is 11.3. The molecule has 0 aliphatic carbocycles. The maximum atomic E-state index is 11.3. The van der Waals surface area contributed by atoms with Crippen molar-refractivity contribution in [3.05, 3.63) is 47.9 Å². The molecule has 0 saturated carbocycles. The number of carboxylic acid groups (broad SMARTS) is 1. The number of para-hydroxylation sites is 1. The molecular weight excluding hydrogens is 284 g/mol. The zero-order valence-electron chi connectivity index (χ0n) is 12.1. The lowest BCUT2D eigenvalue weighted by molar-refractivity contribution is -0.132. The molecule has 0 spiro atoms. The van der Waals surface area contributed by atoms with Gasteiger partial charge >= 0.3 is 5.97 Å². The van der Waals surface area contributed by atoms with E-state index in [0.29, 0.717) is 12.6 Å². The summed E-state index contributed by atoms with van der Waals surface area (Å²) in [5.74, 6) is 0.0834. The Hall–Kier alpha value is -2.83. The number of allylic oxidation sites excluding steroid dienone is 1. The molecule has 0 amide bonds. The number of anilines is 1. The largest absolute Gasteiger partial charge is 0.493 e. The van der Waals surface area contributed by atoms with E-state index in [-0.39, 0.29) is 11.7 Å². The van der Waals surface area contributed by atoms with Crippen LogP contribution in [0.4, 0.5) is 5.95 Å². The van der Waals surface area contributed by atoms with Gasteiger partial charge in [-0.05, 0) is 18.6 Å². The van der Waals surface area contributed by atoms with Crippen LogP contribution in [0.25, 0.3) is 0 Å². The van der Waals surface area contributed by atoms with Gasteiger partial charge in [0.25, 0.3) is 0 Å². The highest BCUT2D eigenvalue weighted by Gasteiger charge is 2.27. The number of hydrogen-bond acceptors (Lipinski definition) is 5. The van der Waals surface area contributed by atoms with Gasteiger partial charge in [0.15, 0.2) is 0 Å². The molecule has 0 radical (unpaired) electrons. The predicted molar refractivity (Wildman–Crippen MR) is 79.7 cm³/mol. The fraction of sp³-hybridized carbons (Fsp3) is 0.267. The van der Waals surface area contributed by atoms with Crippen molar-refractivity contribution in [3.63, 3.8) is 0 Å². The Morgan fingerprint density at radius 1 is 1.45 bits per heavy atom. The molecule has 0 fully saturated rings. The van der Waals surface area contributed by atoms with Gasteiger partial charge in [-0.1, -0.05) is 25.1 Å². The van der Waals surface area contributed by atoms with E-state index < -0.39 is 5.97 Å². The highest BCUT2D eigenvalue weighted by atomic mass is 16.5. The van der Waals surface area contributed by atoms with Gasteiger partial charge in [0.2, 0.25) is 5.95 Å². The number of aromatic nitrogens is 3. The first-order valence-corrected chi connectivity index (χ1v) is 7.04. The number of hydrogen-bond donors (Lipinski definition) is 2. The fourth-order valence-electron chi connectivity index (χ4n) is 2.35. The zero-order valence-corrected chi connectivity index (χ0v) is 12.1.